The van der Waals surface area contributed by atoms with Gasteiger partial charge in [-0.05, 0) is 22.8 Å². The molecule has 0 saturated carbocycles. The zero-order valence-electron chi connectivity index (χ0n) is 15.5. The van der Waals surface area contributed by atoms with Crippen LogP contribution in [-0.2, 0) is 3.74 Å². The summed E-state index contributed by atoms with van der Waals surface area (Å²) in [4.78, 5) is 1.01. The summed E-state index contributed by atoms with van der Waals surface area (Å²) in [6, 6.07) is 27.9. The van der Waals surface area contributed by atoms with E-state index in [9.17, 15) is 14.0 Å². The van der Waals surface area contributed by atoms with E-state index in [-0.39, 0.29) is 0 Å². The lowest BCUT2D eigenvalue weighted by Gasteiger charge is -2.23. The van der Waals surface area contributed by atoms with Gasteiger partial charge in [0.25, 0.3) is 0 Å². The minimum absolute atomic E-state index is 0.342. The molecule has 3 aromatic carbocycles. The molecule has 4 rings (SSSR count). The van der Waals surface area contributed by atoms with Crippen LogP contribution in [0.25, 0.3) is 10.5 Å². The fourth-order valence-electron chi connectivity index (χ4n) is 3.15. The monoisotopic (exact) mass is 458 g/mol. The van der Waals surface area contributed by atoms with Gasteiger partial charge in [-0.3, -0.25) is 0 Å². The minimum Gasteiger partial charge on any atom is -0.182 e. The first-order chi connectivity index (χ1) is 14.4. The lowest BCUT2D eigenvalue weighted by Crippen LogP contribution is -2.60. The van der Waals surface area contributed by atoms with Gasteiger partial charge in [-0.1, -0.05) is 103 Å². The largest absolute Gasteiger partial charge is 0.182 e. The number of hydrogen-bond donors (Lipinski definition) is 0. The Kier molecular flexibility index (Phi) is 6.22. The molecule has 1 heterocycles. The number of halogens is 2. The van der Waals surface area contributed by atoms with Crippen LogP contribution in [0.3, 0.4) is 0 Å². The molecule has 0 aliphatic carbocycles. The fourth-order valence-corrected chi connectivity index (χ4v) is 6.19. The molecular weight excluding hydrogens is 443 g/mol. The molecule has 0 saturated heterocycles. The molecule has 0 spiro atoms. The second-order valence-corrected chi connectivity index (χ2v) is 9.40. The normalized spacial score (nSPS) is 17.1. The van der Waals surface area contributed by atoms with E-state index in [0.29, 0.717) is 20.4 Å². The zero-order chi connectivity index (χ0) is 21.1. The summed E-state index contributed by atoms with van der Waals surface area (Å²) in [7, 11) is -6.23. The SMILES string of the molecule is [O-][Cl+3]([O-])([O-])OS1=C(c2ccccc2)C(Cl)=C(c2ccccc2)C=C1c1ccccc1. The predicted octanol–water partition coefficient (Wildman–Crippen LogP) is 3.01. The van der Waals surface area contributed by atoms with Gasteiger partial charge in [0.15, 0.2) is 0 Å². The Labute approximate surface area is 184 Å². The molecular formula is C23H16Cl2O4S. The van der Waals surface area contributed by atoms with E-state index in [1.54, 1.807) is 6.08 Å². The van der Waals surface area contributed by atoms with Crippen LogP contribution in [-0.4, -0.2) is 4.86 Å². The highest BCUT2D eigenvalue weighted by Crippen LogP contribution is 2.48. The van der Waals surface area contributed by atoms with Crippen LogP contribution in [0.1, 0.15) is 16.7 Å². The van der Waals surface area contributed by atoms with Crippen molar-refractivity contribution < 1.29 is 28.0 Å². The zero-order valence-corrected chi connectivity index (χ0v) is 17.9. The summed E-state index contributed by atoms with van der Waals surface area (Å²) >= 11 is 6.82. The molecule has 7 heteroatoms. The maximum absolute atomic E-state index is 11.6. The van der Waals surface area contributed by atoms with Gasteiger partial charge in [0, 0.05) is 5.57 Å². The average molecular weight is 459 g/mol. The number of rotatable bonds is 5. The quantitative estimate of drug-likeness (QED) is 0.550. The maximum atomic E-state index is 11.6. The molecule has 0 aromatic heterocycles. The molecule has 0 N–H and O–H groups in total. The van der Waals surface area contributed by atoms with Crippen molar-refractivity contribution in [1.29, 1.82) is 0 Å². The van der Waals surface area contributed by atoms with Crippen LogP contribution < -0.4 is 14.0 Å². The molecule has 1 atom stereocenters. The second kappa shape index (κ2) is 8.88. The molecule has 0 bridgehead atoms. The summed E-state index contributed by atoms with van der Waals surface area (Å²) in [6.45, 7) is 0. The molecule has 1 aliphatic rings. The van der Waals surface area contributed by atoms with Crippen molar-refractivity contribution in [2.24, 2.45) is 0 Å². The van der Waals surface area contributed by atoms with E-state index in [0.717, 1.165) is 16.7 Å². The van der Waals surface area contributed by atoms with Crippen molar-refractivity contribution in [3.05, 3.63) is 119 Å². The van der Waals surface area contributed by atoms with Crippen molar-refractivity contribution in [3.8, 4) is 0 Å². The number of allylic oxidation sites excluding steroid dienone is 3. The van der Waals surface area contributed by atoms with E-state index in [1.165, 1.54) is 0 Å². The van der Waals surface area contributed by atoms with Gasteiger partial charge in [0.05, 0.1) is 25.0 Å². The third kappa shape index (κ3) is 4.58. The third-order valence-corrected chi connectivity index (χ3v) is 7.61. The van der Waals surface area contributed by atoms with Crippen molar-refractivity contribution >= 4 is 37.7 Å². The van der Waals surface area contributed by atoms with Crippen molar-refractivity contribution in [2.75, 3.05) is 0 Å². The molecule has 4 nitrogen and oxygen atoms in total. The van der Waals surface area contributed by atoms with Gasteiger partial charge in [-0.15, -0.1) is 0 Å². The highest BCUT2D eigenvalue weighted by Gasteiger charge is 2.34. The lowest BCUT2D eigenvalue weighted by molar-refractivity contribution is -1.91. The molecule has 0 radical (unpaired) electrons. The van der Waals surface area contributed by atoms with Crippen molar-refractivity contribution in [3.63, 3.8) is 0 Å². The Balaban J connectivity index is 2.05. The molecule has 152 valence electrons. The van der Waals surface area contributed by atoms with Crippen LogP contribution in [0.2, 0.25) is 0 Å². The van der Waals surface area contributed by atoms with Gasteiger partial charge in [-0.25, -0.2) is 0 Å². The highest BCUT2D eigenvalue weighted by atomic mass is 35.7. The van der Waals surface area contributed by atoms with Crippen molar-refractivity contribution in [2.45, 2.75) is 0 Å². The van der Waals surface area contributed by atoms with Gasteiger partial charge >= 0.3 is 0 Å². The molecule has 3 aromatic rings. The van der Waals surface area contributed by atoms with Crippen molar-refractivity contribution in [1.82, 2.24) is 0 Å². The van der Waals surface area contributed by atoms with Gasteiger partial charge < -0.3 is 0 Å². The summed E-state index contributed by atoms with van der Waals surface area (Å²) in [5.74, 6) is 0. The van der Waals surface area contributed by atoms with E-state index < -0.39 is 21.0 Å². The topological polar surface area (TPSA) is 78.4 Å². The van der Waals surface area contributed by atoms with Gasteiger partial charge in [-0.2, -0.15) is 14.0 Å². The average Bonchev–Trinajstić information content (AvgIpc) is 2.75. The summed E-state index contributed by atoms with van der Waals surface area (Å²) in [6.07, 6.45) is 1.79. The molecule has 0 fully saturated rings. The first-order valence-electron chi connectivity index (χ1n) is 8.94. The molecule has 30 heavy (non-hydrogen) atoms. The van der Waals surface area contributed by atoms with E-state index in [4.69, 9.17) is 15.3 Å². The summed E-state index contributed by atoms with van der Waals surface area (Å²) < 4.78 is 39.9. The Morgan fingerprint density at radius 1 is 0.667 bits per heavy atom. The predicted molar refractivity (Wildman–Crippen MR) is 113 cm³/mol. The van der Waals surface area contributed by atoms with Gasteiger partial charge in [0.1, 0.15) is 14.5 Å². The molecule has 1 aliphatic heterocycles. The van der Waals surface area contributed by atoms with E-state index in [2.05, 4.69) is 0 Å². The molecule has 0 amide bonds. The van der Waals surface area contributed by atoms with E-state index in [1.807, 2.05) is 91.0 Å². The van der Waals surface area contributed by atoms with Crippen LogP contribution in [0.15, 0.2) is 102 Å². The van der Waals surface area contributed by atoms with E-state index >= 15 is 0 Å². The summed E-state index contributed by atoms with van der Waals surface area (Å²) in [5.41, 5.74) is 3.02. The Hall–Kier alpha value is -2.22. The van der Waals surface area contributed by atoms with Crippen LogP contribution >= 0.6 is 22.4 Å². The summed E-state index contributed by atoms with van der Waals surface area (Å²) in [5, 5.41) is 0.342. The fraction of sp³-hybridized carbons (Fsp3) is 0. The standard InChI is InChI=1S/C23H16Cl2O4S/c24-22-20(17-10-4-1-5-11-17)16-21(18-12-6-2-7-13-18)30(29-25(26,27)28)23(22)19-14-8-3-9-15-19/h1-16H. The maximum Gasteiger partial charge on any atom is 0.149 e. The van der Waals surface area contributed by atoms with Crippen LogP contribution in [0, 0.1) is 10.2 Å². The first kappa shape index (κ1) is 21.0. The minimum atomic E-state index is -4.68. The highest BCUT2D eigenvalue weighted by molar-refractivity contribution is 8.20. The van der Waals surface area contributed by atoms with Gasteiger partial charge in [0.2, 0.25) is 0 Å². The second-order valence-electron chi connectivity index (χ2n) is 6.37. The Bertz CT molecular complexity index is 1140. The molecule has 1 unspecified atom stereocenters. The lowest BCUT2D eigenvalue weighted by atomic mass is 10.0. The van der Waals surface area contributed by atoms with Crippen LogP contribution in [0.4, 0.5) is 0 Å². The number of benzene rings is 3. The Morgan fingerprint density at radius 2 is 1.13 bits per heavy atom. The number of hydrogen-bond acceptors (Lipinski definition) is 4. The Morgan fingerprint density at radius 3 is 1.63 bits per heavy atom. The third-order valence-electron chi connectivity index (χ3n) is 4.42. The smallest absolute Gasteiger partial charge is 0.149 e. The first-order valence-corrected chi connectivity index (χ1v) is 11.7. The van der Waals surface area contributed by atoms with Crippen LogP contribution in [0.5, 0.6) is 0 Å².